The topological polar surface area (TPSA) is 75.4 Å². The lowest BCUT2D eigenvalue weighted by molar-refractivity contribution is -0.385. The quantitative estimate of drug-likeness (QED) is 0.460. The average molecular weight is 317 g/mol. The minimum atomic E-state index is -0.401. The van der Waals surface area contributed by atoms with Crippen molar-refractivity contribution in [1.82, 2.24) is 5.32 Å². The normalized spacial score (nSPS) is 12.4. The van der Waals surface area contributed by atoms with Crippen molar-refractivity contribution >= 4 is 21.6 Å². The number of halogens is 1. The van der Waals surface area contributed by atoms with E-state index in [1.165, 1.54) is 6.07 Å². The predicted molar refractivity (Wildman–Crippen MR) is 73.4 cm³/mol. The molecule has 1 unspecified atom stereocenters. The fraction of sp³-hybridized carbons (Fsp3) is 0.500. The van der Waals surface area contributed by atoms with Crippen LogP contribution < -0.4 is 5.32 Å². The van der Waals surface area contributed by atoms with Gasteiger partial charge in [-0.2, -0.15) is 0 Å². The van der Waals surface area contributed by atoms with Gasteiger partial charge in [0.15, 0.2) is 0 Å². The van der Waals surface area contributed by atoms with Gasteiger partial charge in [-0.05, 0) is 37.9 Å². The third kappa shape index (κ3) is 5.57. The van der Waals surface area contributed by atoms with E-state index in [1.807, 2.05) is 6.07 Å². The van der Waals surface area contributed by atoms with Gasteiger partial charge in [-0.3, -0.25) is 10.1 Å². The molecule has 1 aromatic carbocycles. The van der Waals surface area contributed by atoms with E-state index in [9.17, 15) is 10.1 Å². The Labute approximate surface area is 114 Å². The van der Waals surface area contributed by atoms with Crippen LogP contribution in [0.25, 0.3) is 0 Å². The highest BCUT2D eigenvalue weighted by molar-refractivity contribution is 9.10. The molecule has 1 atom stereocenters. The van der Waals surface area contributed by atoms with Crippen molar-refractivity contribution in [2.24, 2.45) is 0 Å². The van der Waals surface area contributed by atoms with Crippen LogP contribution in [0.4, 0.5) is 5.69 Å². The molecular weight excluding hydrogens is 300 g/mol. The first-order valence-electron chi connectivity index (χ1n) is 5.81. The van der Waals surface area contributed by atoms with Gasteiger partial charge in [0, 0.05) is 23.2 Å². The molecule has 0 amide bonds. The molecule has 0 spiro atoms. The van der Waals surface area contributed by atoms with Crippen LogP contribution in [0, 0.1) is 10.1 Å². The minimum Gasteiger partial charge on any atom is -0.393 e. The molecule has 0 saturated heterocycles. The number of hydrogen-bond donors (Lipinski definition) is 2. The number of rotatable bonds is 7. The molecule has 0 fully saturated rings. The van der Waals surface area contributed by atoms with E-state index in [2.05, 4.69) is 21.2 Å². The Balaban J connectivity index is 2.44. The largest absolute Gasteiger partial charge is 0.393 e. The van der Waals surface area contributed by atoms with E-state index in [4.69, 9.17) is 5.11 Å². The lowest BCUT2D eigenvalue weighted by Crippen LogP contribution is -2.16. The number of nitro benzene ring substituents is 1. The maximum Gasteiger partial charge on any atom is 0.270 e. The molecule has 2 N–H and O–H groups in total. The zero-order valence-corrected chi connectivity index (χ0v) is 11.8. The second-order valence-corrected chi connectivity index (χ2v) is 5.16. The molecule has 0 saturated carbocycles. The molecule has 0 bridgehead atoms. The molecule has 0 aromatic heterocycles. The highest BCUT2D eigenvalue weighted by Crippen LogP contribution is 2.21. The smallest absolute Gasteiger partial charge is 0.270 e. The van der Waals surface area contributed by atoms with Crippen LogP contribution in [-0.2, 0) is 6.54 Å². The van der Waals surface area contributed by atoms with E-state index in [0.717, 1.165) is 24.9 Å². The molecule has 0 radical (unpaired) electrons. The molecule has 1 aromatic rings. The van der Waals surface area contributed by atoms with Gasteiger partial charge in [0.25, 0.3) is 5.69 Å². The first-order chi connectivity index (χ1) is 8.49. The lowest BCUT2D eigenvalue weighted by atomic mass is 10.2. The maximum atomic E-state index is 10.7. The number of hydrogen-bond acceptors (Lipinski definition) is 4. The number of aliphatic hydroxyl groups excluding tert-OH is 1. The number of nitrogens with zero attached hydrogens (tertiary/aromatic N) is 1. The van der Waals surface area contributed by atoms with Crippen molar-refractivity contribution in [1.29, 1.82) is 0 Å². The zero-order valence-electron chi connectivity index (χ0n) is 10.2. The second-order valence-electron chi connectivity index (χ2n) is 4.24. The Kier molecular flexibility index (Phi) is 6.24. The van der Waals surface area contributed by atoms with Gasteiger partial charge in [-0.25, -0.2) is 0 Å². The van der Waals surface area contributed by atoms with E-state index < -0.39 is 4.92 Å². The summed E-state index contributed by atoms with van der Waals surface area (Å²) in [4.78, 5) is 10.3. The molecule has 100 valence electrons. The van der Waals surface area contributed by atoms with Gasteiger partial charge in [0.05, 0.1) is 11.0 Å². The summed E-state index contributed by atoms with van der Waals surface area (Å²) in [6.07, 6.45) is 1.36. The molecular formula is C12H17BrN2O3. The Hall–Kier alpha value is -0.980. The van der Waals surface area contributed by atoms with Crippen molar-refractivity contribution in [3.8, 4) is 0 Å². The van der Waals surface area contributed by atoms with E-state index in [0.29, 0.717) is 11.0 Å². The predicted octanol–water partition coefficient (Wildman–Crippen LogP) is 2.61. The van der Waals surface area contributed by atoms with Crippen molar-refractivity contribution in [2.45, 2.75) is 32.4 Å². The van der Waals surface area contributed by atoms with Crippen LogP contribution in [0.15, 0.2) is 22.7 Å². The molecule has 0 aliphatic heterocycles. The summed E-state index contributed by atoms with van der Waals surface area (Å²) in [5.41, 5.74) is 0.957. The van der Waals surface area contributed by atoms with Crippen LogP contribution in [0.3, 0.4) is 0 Å². The standard InChI is InChI=1S/C12H17BrN2O3/c1-9(16)3-2-4-14-8-10-5-11(13)7-12(6-10)15(17)18/h5-7,9,14,16H,2-4,8H2,1H3. The Bertz CT molecular complexity index is 410. The fourth-order valence-corrected chi connectivity index (χ4v) is 2.12. The van der Waals surface area contributed by atoms with Crippen molar-refractivity contribution in [3.05, 3.63) is 38.3 Å². The van der Waals surface area contributed by atoms with Crippen molar-refractivity contribution in [3.63, 3.8) is 0 Å². The Morgan fingerprint density at radius 3 is 2.83 bits per heavy atom. The van der Waals surface area contributed by atoms with Crippen LogP contribution in [0.2, 0.25) is 0 Å². The summed E-state index contributed by atoms with van der Waals surface area (Å²) < 4.78 is 0.706. The average Bonchev–Trinajstić information content (AvgIpc) is 2.27. The van der Waals surface area contributed by atoms with Gasteiger partial charge in [0.2, 0.25) is 0 Å². The molecule has 0 heterocycles. The number of non-ortho nitro benzene ring substituents is 1. The lowest BCUT2D eigenvalue weighted by Gasteiger charge is -2.07. The summed E-state index contributed by atoms with van der Waals surface area (Å²) >= 11 is 3.26. The monoisotopic (exact) mass is 316 g/mol. The summed E-state index contributed by atoms with van der Waals surface area (Å²) in [5.74, 6) is 0. The third-order valence-electron chi connectivity index (χ3n) is 2.46. The molecule has 0 aliphatic carbocycles. The fourth-order valence-electron chi connectivity index (χ4n) is 1.60. The minimum absolute atomic E-state index is 0.0881. The van der Waals surface area contributed by atoms with Crippen LogP contribution >= 0.6 is 15.9 Å². The van der Waals surface area contributed by atoms with E-state index in [1.54, 1.807) is 13.0 Å². The highest BCUT2D eigenvalue weighted by atomic mass is 79.9. The maximum absolute atomic E-state index is 10.7. The van der Waals surface area contributed by atoms with Gasteiger partial charge in [0.1, 0.15) is 0 Å². The van der Waals surface area contributed by atoms with Crippen LogP contribution in [-0.4, -0.2) is 22.7 Å². The SMILES string of the molecule is CC(O)CCCNCc1cc(Br)cc([N+](=O)[O-])c1. The van der Waals surface area contributed by atoms with Crippen molar-refractivity contribution < 1.29 is 10.0 Å². The van der Waals surface area contributed by atoms with E-state index >= 15 is 0 Å². The second kappa shape index (κ2) is 7.45. The zero-order chi connectivity index (χ0) is 13.5. The van der Waals surface area contributed by atoms with Crippen LogP contribution in [0.1, 0.15) is 25.3 Å². The Morgan fingerprint density at radius 1 is 1.50 bits per heavy atom. The van der Waals surface area contributed by atoms with Gasteiger partial charge < -0.3 is 10.4 Å². The van der Waals surface area contributed by atoms with Crippen molar-refractivity contribution in [2.75, 3.05) is 6.54 Å². The van der Waals surface area contributed by atoms with Gasteiger partial charge >= 0.3 is 0 Å². The molecule has 0 aliphatic rings. The third-order valence-corrected chi connectivity index (χ3v) is 2.92. The summed E-state index contributed by atoms with van der Waals surface area (Å²) in [6, 6.07) is 4.90. The first-order valence-corrected chi connectivity index (χ1v) is 6.61. The number of benzene rings is 1. The summed E-state index contributed by atoms with van der Waals surface area (Å²) in [7, 11) is 0. The summed E-state index contributed by atoms with van der Waals surface area (Å²) in [6.45, 7) is 3.13. The van der Waals surface area contributed by atoms with Crippen LogP contribution in [0.5, 0.6) is 0 Å². The summed E-state index contributed by atoms with van der Waals surface area (Å²) in [5, 5.41) is 23.0. The number of nitro groups is 1. The molecule has 6 heteroatoms. The molecule has 1 rings (SSSR count). The first kappa shape index (κ1) is 15.1. The Morgan fingerprint density at radius 2 is 2.22 bits per heavy atom. The number of aliphatic hydroxyl groups is 1. The van der Waals surface area contributed by atoms with E-state index in [-0.39, 0.29) is 11.8 Å². The van der Waals surface area contributed by atoms with Gasteiger partial charge in [-0.15, -0.1) is 0 Å². The highest BCUT2D eigenvalue weighted by Gasteiger charge is 2.08. The molecule has 5 nitrogen and oxygen atoms in total. The number of nitrogens with one attached hydrogen (secondary N) is 1. The molecule has 18 heavy (non-hydrogen) atoms. The van der Waals surface area contributed by atoms with Gasteiger partial charge in [-0.1, -0.05) is 15.9 Å².